The van der Waals surface area contributed by atoms with Gasteiger partial charge in [-0.3, -0.25) is 4.79 Å². The van der Waals surface area contributed by atoms with Crippen LogP contribution in [0.3, 0.4) is 0 Å². The predicted molar refractivity (Wildman–Crippen MR) is 63.2 cm³/mol. The van der Waals surface area contributed by atoms with E-state index in [0.717, 1.165) is 5.56 Å². The first-order chi connectivity index (χ1) is 7.35. The van der Waals surface area contributed by atoms with Gasteiger partial charge in [0.25, 0.3) is 5.91 Å². The largest absolute Gasteiger partial charge is 0.508 e. The molecule has 3 nitrogen and oxygen atoms in total. The number of phenolic OH excluding ortho intramolecular Hbond substituents is 1. The van der Waals surface area contributed by atoms with Crippen LogP contribution in [0.25, 0.3) is 0 Å². The van der Waals surface area contributed by atoms with E-state index in [9.17, 15) is 9.90 Å². The molecule has 1 aromatic rings. The molecule has 0 fully saturated rings. The smallest absolute Gasteiger partial charge is 0.252 e. The summed E-state index contributed by atoms with van der Waals surface area (Å²) >= 11 is 0. The van der Waals surface area contributed by atoms with Gasteiger partial charge in [0.15, 0.2) is 0 Å². The van der Waals surface area contributed by atoms with Crippen LogP contribution in [0.4, 0.5) is 0 Å². The molecule has 0 bridgehead atoms. The van der Waals surface area contributed by atoms with Crippen molar-refractivity contribution in [1.82, 2.24) is 5.32 Å². The van der Waals surface area contributed by atoms with E-state index >= 15 is 0 Å². The van der Waals surface area contributed by atoms with Crippen molar-refractivity contribution in [2.45, 2.75) is 26.3 Å². The van der Waals surface area contributed by atoms with E-state index in [2.05, 4.69) is 11.2 Å². The minimum Gasteiger partial charge on any atom is -0.508 e. The summed E-state index contributed by atoms with van der Waals surface area (Å²) in [5.41, 5.74) is 0.427. The van der Waals surface area contributed by atoms with Crippen molar-refractivity contribution in [2.75, 3.05) is 0 Å². The van der Waals surface area contributed by atoms with Crippen LogP contribution in [0.5, 0.6) is 5.75 Å². The third-order valence-corrected chi connectivity index (χ3v) is 2.26. The van der Waals surface area contributed by atoms with Crippen molar-refractivity contribution in [3.8, 4) is 18.1 Å². The molecule has 0 radical (unpaired) electrons. The Morgan fingerprint density at radius 2 is 2.12 bits per heavy atom. The molecule has 0 aliphatic heterocycles. The van der Waals surface area contributed by atoms with Crippen molar-refractivity contribution >= 4 is 5.91 Å². The second-order valence-electron chi connectivity index (χ2n) is 4.22. The fraction of sp³-hybridized carbons (Fsp3) is 0.308. The van der Waals surface area contributed by atoms with Crippen LogP contribution in [-0.2, 0) is 0 Å². The van der Waals surface area contributed by atoms with Gasteiger partial charge in [-0.25, -0.2) is 0 Å². The lowest BCUT2D eigenvalue weighted by molar-refractivity contribution is 0.0929. The number of rotatable bonds is 2. The molecule has 3 heteroatoms. The number of aromatic hydroxyl groups is 1. The number of phenols is 1. The van der Waals surface area contributed by atoms with E-state index in [0.29, 0.717) is 5.56 Å². The topological polar surface area (TPSA) is 49.3 Å². The van der Waals surface area contributed by atoms with E-state index in [-0.39, 0.29) is 11.7 Å². The summed E-state index contributed by atoms with van der Waals surface area (Å²) in [6.07, 6.45) is 5.27. The zero-order chi connectivity index (χ0) is 12.3. The van der Waals surface area contributed by atoms with Gasteiger partial charge >= 0.3 is 0 Å². The highest BCUT2D eigenvalue weighted by Gasteiger charge is 2.18. The van der Waals surface area contributed by atoms with Gasteiger partial charge in [-0.05, 0) is 38.5 Å². The van der Waals surface area contributed by atoms with Crippen LogP contribution >= 0.6 is 0 Å². The van der Waals surface area contributed by atoms with Crippen molar-refractivity contribution in [1.29, 1.82) is 0 Å². The van der Waals surface area contributed by atoms with Crippen molar-refractivity contribution in [3.05, 3.63) is 29.3 Å². The second-order valence-corrected chi connectivity index (χ2v) is 4.22. The van der Waals surface area contributed by atoms with Crippen LogP contribution in [0.1, 0.15) is 29.8 Å². The fourth-order valence-corrected chi connectivity index (χ4v) is 1.14. The normalized spacial score (nSPS) is 10.6. The van der Waals surface area contributed by atoms with Crippen LogP contribution in [-0.4, -0.2) is 16.6 Å². The number of nitrogens with one attached hydrogen (secondary N) is 1. The van der Waals surface area contributed by atoms with Crippen molar-refractivity contribution < 1.29 is 9.90 Å². The van der Waals surface area contributed by atoms with Crippen LogP contribution in [0, 0.1) is 19.3 Å². The summed E-state index contributed by atoms with van der Waals surface area (Å²) in [4.78, 5) is 11.8. The van der Waals surface area contributed by atoms with Gasteiger partial charge < -0.3 is 10.4 Å². The molecule has 0 spiro atoms. The van der Waals surface area contributed by atoms with Gasteiger partial charge in [-0.2, -0.15) is 0 Å². The quantitative estimate of drug-likeness (QED) is 0.743. The number of amides is 1. The molecule has 0 aliphatic rings. The Balaban J connectivity index is 2.91. The zero-order valence-electron chi connectivity index (χ0n) is 9.66. The van der Waals surface area contributed by atoms with E-state index in [1.54, 1.807) is 32.9 Å². The standard InChI is InChI=1S/C13H15NO2/c1-5-13(3,4)14-12(16)10-7-6-9(2)11(15)8-10/h1,6-8,15H,2-4H3,(H,14,16). The summed E-state index contributed by atoms with van der Waals surface area (Å²) in [6, 6.07) is 4.77. The first-order valence-corrected chi connectivity index (χ1v) is 4.95. The number of hydrogen-bond acceptors (Lipinski definition) is 2. The van der Waals surface area contributed by atoms with Crippen LogP contribution in [0.2, 0.25) is 0 Å². The Kier molecular flexibility index (Phi) is 3.24. The summed E-state index contributed by atoms with van der Waals surface area (Å²) < 4.78 is 0. The molecule has 0 aromatic heterocycles. The van der Waals surface area contributed by atoms with Gasteiger partial charge in [-0.1, -0.05) is 12.0 Å². The Labute approximate surface area is 95.5 Å². The second kappa shape index (κ2) is 4.28. The maximum Gasteiger partial charge on any atom is 0.252 e. The van der Waals surface area contributed by atoms with Gasteiger partial charge in [0.2, 0.25) is 0 Å². The van der Waals surface area contributed by atoms with Gasteiger partial charge in [-0.15, -0.1) is 6.42 Å². The Morgan fingerprint density at radius 1 is 1.50 bits per heavy atom. The Hall–Kier alpha value is -1.95. The summed E-state index contributed by atoms with van der Waals surface area (Å²) in [5, 5.41) is 12.2. The van der Waals surface area contributed by atoms with Crippen LogP contribution in [0.15, 0.2) is 18.2 Å². The highest BCUT2D eigenvalue weighted by molar-refractivity contribution is 5.95. The summed E-state index contributed by atoms with van der Waals surface area (Å²) in [7, 11) is 0. The highest BCUT2D eigenvalue weighted by Crippen LogP contribution is 2.17. The molecule has 1 amide bonds. The molecule has 2 N–H and O–H groups in total. The number of aryl methyl sites for hydroxylation is 1. The number of carbonyl (C=O) groups is 1. The monoisotopic (exact) mass is 217 g/mol. The summed E-state index contributed by atoms with van der Waals surface area (Å²) in [6.45, 7) is 5.24. The Bertz CT molecular complexity index is 455. The number of terminal acetylenes is 1. The van der Waals surface area contributed by atoms with Gasteiger partial charge in [0, 0.05) is 5.56 Å². The van der Waals surface area contributed by atoms with Gasteiger partial charge in [0.1, 0.15) is 5.75 Å². The van der Waals surface area contributed by atoms with Crippen molar-refractivity contribution in [2.24, 2.45) is 0 Å². The van der Waals surface area contributed by atoms with E-state index in [1.165, 1.54) is 6.07 Å². The molecule has 0 atom stereocenters. The lowest BCUT2D eigenvalue weighted by Gasteiger charge is -2.19. The zero-order valence-corrected chi connectivity index (χ0v) is 9.66. The molecule has 0 saturated carbocycles. The van der Waals surface area contributed by atoms with E-state index in [1.807, 2.05) is 0 Å². The molecule has 1 rings (SSSR count). The average Bonchev–Trinajstić information content (AvgIpc) is 2.21. The number of carbonyl (C=O) groups excluding carboxylic acids is 1. The van der Waals surface area contributed by atoms with E-state index in [4.69, 9.17) is 6.42 Å². The number of benzene rings is 1. The third-order valence-electron chi connectivity index (χ3n) is 2.26. The molecule has 0 aliphatic carbocycles. The molecule has 0 saturated heterocycles. The molecule has 1 aromatic carbocycles. The maximum absolute atomic E-state index is 11.8. The molecule has 0 unspecified atom stereocenters. The first kappa shape index (κ1) is 12.1. The molecular formula is C13H15NO2. The molecular weight excluding hydrogens is 202 g/mol. The maximum atomic E-state index is 11.8. The highest BCUT2D eigenvalue weighted by atomic mass is 16.3. The van der Waals surface area contributed by atoms with Crippen LogP contribution < -0.4 is 5.32 Å². The predicted octanol–water partition coefficient (Wildman–Crippen LogP) is 1.84. The fourth-order valence-electron chi connectivity index (χ4n) is 1.14. The Morgan fingerprint density at radius 3 is 2.62 bits per heavy atom. The lowest BCUT2D eigenvalue weighted by atomic mass is 10.1. The minimum atomic E-state index is -0.697. The SMILES string of the molecule is C#CC(C)(C)NC(=O)c1ccc(C)c(O)c1. The minimum absolute atomic E-state index is 0.103. The molecule has 16 heavy (non-hydrogen) atoms. The third kappa shape index (κ3) is 2.77. The van der Waals surface area contributed by atoms with Gasteiger partial charge in [0.05, 0.1) is 5.54 Å². The number of hydrogen-bond donors (Lipinski definition) is 2. The van der Waals surface area contributed by atoms with Crippen molar-refractivity contribution in [3.63, 3.8) is 0 Å². The first-order valence-electron chi connectivity index (χ1n) is 4.95. The molecule has 0 heterocycles. The summed E-state index contributed by atoms with van der Waals surface area (Å²) in [5.74, 6) is 2.28. The average molecular weight is 217 g/mol. The molecule has 84 valence electrons. The van der Waals surface area contributed by atoms with E-state index < -0.39 is 5.54 Å². The lowest BCUT2D eigenvalue weighted by Crippen LogP contribution is -2.42.